The van der Waals surface area contributed by atoms with E-state index in [0.717, 1.165) is 18.4 Å². The van der Waals surface area contributed by atoms with E-state index in [0.29, 0.717) is 17.8 Å². The van der Waals surface area contributed by atoms with Crippen molar-refractivity contribution in [3.63, 3.8) is 0 Å². The summed E-state index contributed by atoms with van der Waals surface area (Å²) in [4.78, 5) is 14.1. The van der Waals surface area contributed by atoms with E-state index in [9.17, 15) is 18.0 Å². The molecule has 1 atom stereocenters. The SMILES string of the molecule is CCCCN1C(=O)C(C)(CC(F)(F)F)c2ccc(C)cc21. The van der Waals surface area contributed by atoms with Gasteiger partial charge in [-0.25, -0.2) is 0 Å². The van der Waals surface area contributed by atoms with E-state index in [-0.39, 0.29) is 0 Å². The molecule has 0 fully saturated rings. The molecule has 0 aliphatic carbocycles. The van der Waals surface area contributed by atoms with E-state index in [2.05, 4.69) is 0 Å². The van der Waals surface area contributed by atoms with Gasteiger partial charge in [0.2, 0.25) is 5.91 Å². The molecule has 0 aromatic heterocycles. The van der Waals surface area contributed by atoms with Crippen molar-refractivity contribution >= 4 is 11.6 Å². The molecule has 1 aromatic rings. The van der Waals surface area contributed by atoms with Gasteiger partial charge in [0, 0.05) is 12.2 Å². The van der Waals surface area contributed by atoms with Gasteiger partial charge in [-0.15, -0.1) is 0 Å². The molecule has 0 spiro atoms. The van der Waals surface area contributed by atoms with Crippen LogP contribution in [0.2, 0.25) is 0 Å². The fourth-order valence-corrected chi connectivity index (χ4v) is 2.96. The first-order valence-corrected chi connectivity index (χ1v) is 7.19. The Labute approximate surface area is 122 Å². The number of benzene rings is 1. The summed E-state index contributed by atoms with van der Waals surface area (Å²) in [6.45, 7) is 5.75. The molecular formula is C16H20F3NO. The molecule has 1 amide bonds. The molecule has 21 heavy (non-hydrogen) atoms. The summed E-state index contributed by atoms with van der Waals surface area (Å²) in [5, 5.41) is 0. The molecule has 5 heteroatoms. The smallest absolute Gasteiger partial charge is 0.311 e. The number of aryl methyl sites for hydroxylation is 1. The number of nitrogens with zero attached hydrogens (tertiary/aromatic N) is 1. The quantitative estimate of drug-likeness (QED) is 0.809. The minimum atomic E-state index is -4.37. The van der Waals surface area contributed by atoms with E-state index in [4.69, 9.17) is 0 Å². The molecule has 2 rings (SSSR count). The number of halogens is 3. The first-order valence-electron chi connectivity index (χ1n) is 7.19. The maximum Gasteiger partial charge on any atom is 0.390 e. The second-order valence-electron chi connectivity index (χ2n) is 5.96. The molecular weight excluding hydrogens is 279 g/mol. The zero-order valence-electron chi connectivity index (χ0n) is 12.5. The molecule has 2 nitrogen and oxygen atoms in total. The van der Waals surface area contributed by atoms with Gasteiger partial charge in [-0.2, -0.15) is 13.2 Å². The van der Waals surface area contributed by atoms with Crippen molar-refractivity contribution < 1.29 is 18.0 Å². The number of fused-ring (bicyclic) bond motifs is 1. The summed E-state index contributed by atoms with van der Waals surface area (Å²) in [6, 6.07) is 5.24. The maximum absolute atomic E-state index is 12.9. The third-order valence-electron chi connectivity index (χ3n) is 4.04. The van der Waals surface area contributed by atoms with Crippen LogP contribution in [0.5, 0.6) is 0 Å². The van der Waals surface area contributed by atoms with Crippen molar-refractivity contribution in [2.45, 2.75) is 51.6 Å². The van der Waals surface area contributed by atoms with Crippen molar-refractivity contribution in [1.29, 1.82) is 0 Å². The van der Waals surface area contributed by atoms with Gasteiger partial charge < -0.3 is 4.90 Å². The molecule has 0 saturated carbocycles. The summed E-state index contributed by atoms with van der Waals surface area (Å²) in [5.74, 6) is -0.436. The standard InChI is InChI=1S/C16H20F3NO/c1-4-5-8-20-13-9-11(2)6-7-12(13)15(3,14(20)21)10-16(17,18)19/h6-7,9H,4-5,8,10H2,1-3H3. The van der Waals surface area contributed by atoms with Crippen molar-refractivity contribution in [3.8, 4) is 0 Å². The molecule has 0 N–H and O–H groups in total. The lowest BCUT2D eigenvalue weighted by Crippen LogP contribution is -2.41. The highest BCUT2D eigenvalue weighted by Crippen LogP contribution is 2.47. The monoisotopic (exact) mass is 299 g/mol. The minimum Gasteiger partial charge on any atom is -0.311 e. The van der Waals surface area contributed by atoms with Gasteiger partial charge >= 0.3 is 6.18 Å². The van der Waals surface area contributed by atoms with Crippen LogP contribution in [0, 0.1) is 6.92 Å². The first kappa shape index (κ1) is 15.9. The molecule has 0 saturated heterocycles. The number of carbonyl (C=O) groups is 1. The Balaban J connectivity index is 2.48. The summed E-state index contributed by atoms with van der Waals surface area (Å²) in [6.07, 6.45) is -3.81. The second-order valence-corrected chi connectivity index (χ2v) is 5.96. The average Bonchev–Trinajstić information content (AvgIpc) is 2.54. The molecule has 1 aliphatic heterocycles. The predicted molar refractivity (Wildman–Crippen MR) is 76.5 cm³/mol. The van der Waals surface area contributed by atoms with Gasteiger partial charge in [0.15, 0.2) is 0 Å². The topological polar surface area (TPSA) is 20.3 Å². The van der Waals surface area contributed by atoms with E-state index < -0.39 is 23.9 Å². The lowest BCUT2D eigenvalue weighted by Gasteiger charge is -2.25. The van der Waals surface area contributed by atoms with Crippen LogP contribution in [0.25, 0.3) is 0 Å². The van der Waals surface area contributed by atoms with E-state index in [1.165, 1.54) is 11.8 Å². The van der Waals surface area contributed by atoms with Crippen LogP contribution in [0.15, 0.2) is 18.2 Å². The highest BCUT2D eigenvalue weighted by molar-refractivity contribution is 6.08. The van der Waals surface area contributed by atoms with Gasteiger partial charge in [-0.3, -0.25) is 4.79 Å². The number of anilines is 1. The van der Waals surface area contributed by atoms with Crippen LogP contribution in [0.3, 0.4) is 0 Å². The molecule has 0 bridgehead atoms. The average molecular weight is 299 g/mol. The van der Waals surface area contributed by atoms with Crippen LogP contribution < -0.4 is 4.90 Å². The fraction of sp³-hybridized carbons (Fsp3) is 0.562. The number of hydrogen-bond acceptors (Lipinski definition) is 1. The number of amides is 1. The Morgan fingerprint density at radius 3 is 2.52 bits per heavy atom. The van der Waals surface area contributed by atoms with Crippen LogP contribution in [-0.2, 0) is 10.2 Å². The van der Waals surface area contributed by atoms with E-state index in [1.54, 1.807) is 12.1 Å². The number of rotatable bonds is 4. The number of hydrogen-bond donors (Lipinski definition) is 0. The first-order chi connectivity index (χ1) is 9.69. The van der Waals surface area contributed by atoms with Crippen LogP contribution in [0.1, 0.15) is 44.2 Å². The minimum absolute atomic E-state index is 0.436. The second kappa shape index (κ2) is 5.35. The lowest BCUT2D eigenvalue weighted by molar-refractivity contribution is -0.155. The molecule has 1 aromatic carbocycles. The van der Waals surface area contributed by atoms with Crippen molar-refractivity contribution in [1.82, 2.24) is 0 Å². The lowest BCUT2D eigenvalue weighted by atomic mass is 9.80. The highest BCUT2D eigenvalue weighted by atomic mass is 19.4. The highest BCUT2D eigenvalue weighted by Gasteiger charge is 2.52. The van der Waals surface area contributed by atoms with Crippen LogP contribution >= 0.6 is 0 Å². The normalized spacial score (nSPS) is 21.8. The molecule has 116 valence electrons. The van der Waals surface area contributed by atoms with Crippen molar-refractivity contribution in [3.05, 3.63) is 29.3 Å². The van der Waals surface area contributed by atoms with Crippen LogP contribution in [0.4, 0.5) is 18.9 Å². The summed E-state index contributed by atoms with van der Waals surface area (Å²) < 4.78 is 38.7. The Morgan fingerprint density at radius 2 is 1.95 bits per heavy atom. The Hall–Kier alpha value is -1.52. The number of unbranched alkanes of at least 4 members (excludes halogenated alkanes) is 1. The van der Waals surface area contributed by atoms with E-state index in [1.807, 2.05) is 19.9 Å². The van der Waals surface area contributed by atoms with Gasteiger partial charge in [0.1, 0.15) is 0 Å². The number of carbonyl (C=O) groups excluding carboxylic acids is 1. The summed E-state index contributed by atoms with van der Waals surface area (Å²) >= 11 is 0. The molecule has 1 heterocycles. The maximum atomic E-state index is 12.9. The van der Waals surface area contributed by atoms with Crippen molar-refractivity contribution in [2.24, 2.45) is 0 Å². The predicted octanol–water partition coefficient (Wildman–Crippen LogP) is 4.35. The van der Waals surface area contributed by atoms with Gasteiger partial charge in [0.05, 0.1) is 11.8 Å². The fourth-order valence-electron chi connectivity index (χ4n) is 2.96. The third-order valence-corrected chi connectivity index (χ3v) is 4.04. The van der Waals surface area contributed by atoms with Gasteiger partial charge in [-0.05, 0) is 37.5 Å². The number of alkyl halides is 3. The Bertz CT molecular complexity index is 553. The summed E-state index contributed by atoms with van der Waals surface area (Å²) in [5.41, 5.74) is 0.570. The molecule has 0 radical (unpaired) electrons. The zero-order chi connectivity index (χ0) is 15.8. The third kappa shape index (κ3) is 2.92. The Kier molecular flexibility index (Phi) is 4.04. The van der Waals surface area contributed by atoms with Gasteiger partial charge in [-0.1, -0.05) is 25.5 Å². The molecule has 1 unspecified atom stereocenters. The Morgan fingerprint density at radius 1 is 1.29 bits per heavy atom. The van der Waals surface area contributed by atoms with Gasteiger partial charge in [0.25, 0.3) is 0 Å². The zero-order valence-corrected chi connectivity index (χ0v) is 12.5. The van der Waals surface area contributed by atoms with Crippen molar-refractivity contribution in [2.75, 3.05) is 11.4 Å². The van der Waals surface area contributed by atoms with E-state index >= 15 is 0 Å². The van der Waals surface area contributed by atoms with Crippen LogP contribution in [-0.4, -0.2) is 18.6 Å². The molecule has 1 aliphatic rings. The summed E-state index contributed by atoms with van der Waals surface area (Å²) in [7, 11) is 0. The largest absolute Gasteiger partial charge is 0.390 e.